The molecule has 0 saturated carbocycles. The molecule has 1 rings (SSSR count). The fraction of sp³-hybridized carbons (Fsp3) is 0.400. The lowest BCUT2D eigenvalue weighted by Gasteiger charge is -2.23. The SMILES string of the molecule is CC(C)(CO)c1c(F)ccc(F)c1O. The first kappa shape index (κ1) is 10.9. The molecule has 0 atom stereocenters. The third-order valence-electron chi connectivity index (χ3n) is 2.15. The monoisotopic (exact) mass is 202 g/mol. The van der Waals surface area contributed by atoms with Crippen LogP contribution in [0, 0.1) is 11.6 Å². The van der Waals surface area contributed by atoms with Crippen LogP contribution >= 0.6 is 0 Å². The minimum Gasteiger partial charge on any atom is -0.505 e. The molecule has 0 radical (unpaired) electrons. The van der Waals surface area contributed by atoms with E-state index in [0.29, 0.717) is 0 Å². The molecular formula is C10H12F2O2. The summed E-state index contributed by atoms with van der Waals surface area (Å²) < 4.78 is 26.2. The lowest BCUT2D eigenvalue weighted by Crippen LogP contribution is -2.24. The minimum atomic E-state index is -1.00. The van der Waals surface area contributed by atoms with Crippen LogP contribution in [-0.4, -0.2) is 16.8 Å². The number of aliphatic hydroxyl groups is 1. The van der Waals surface area contributed by atoms with Crippen molar-refractivity contribution in [3.8, 4) is 5.75 Å². The Morgan fingerprint density at radius 3 is 2.21 bits per heavy atom. The number of aliphatic hydroxyl groups excluding tert-OH is 1. The highest BCUT2D eigenvalue weighted by Crippen LogP contribution is 2.34. The Kier molecular flexibility index (Phi) is 2.76. The predicted octanol–water partition coefficient (Wildman–Crippen LogP) is 1.94. The summed E-state index contributed by atoms with van der Waals surface area (Å²) in [5, 5.41) is 18.3. The number of hydrogen-bond acceptors (Lipinski definition) is 2. The van der Waals surface area contributed by atoms with Gasteiger partial charge in [0.2, 0.25) is 0 Å². The number of phenolic OH excluding ortho intramolecular Hbond substituents is 1. The molecule has 0 heterocycles. The van der Waals surface area contributed by atoms with Gasteiger partial charge in [-0.15, -0.1) is 0 Å². The zero-order valence-electron chi connectivity index (χ0n) is 8.01. The van der Waals surface area contributed by atoms with Gasteiger partial charge in [0, 0.05) is 11.0 Å². The van der Waals surface area contributed by atoms with Gasteiger partial charge in [0.15, 0.2) is 11.6 Å². The number of benzene rings is 1. The van der Waals surface area contributed by atoms with Crippen molar-refractivity contribution in [1.82, 2.24) is 0 Å². The molecule has 0 spiro atoms. The van der Waals surface area contributed by atoms with Gasteiger partial charge in [0.25, 0.3) is 0 Å². The molecular weight excluding hydrogens is 190 g/mol. The summed E-state index contributed by atoms with van der Waals surface area (Å²) in [6, 6.07) is 1.78. The summed E-state index contributed by atoms with van der Waals surface area (Å²) in [5.41, 5.74) is -1.20. The third kappa shape index (κ3) is 1.70. The molecule has 0 aliphatic carbocycles. The first-order valence-corrected chi connectivity index (χ1v) is 4.18. The second kappa shape index (κ2) is 3.53. The summed E-state index contributed by atoms with van der Waals surface area (Å²) in [5.74, 6) is -2.34. The van der Waals surface area contributed by atoms with Crippen molar-refractivity contribution in [3.63, 3.8) is 0 Å². The van der Waals surface area contributed by atoms with Gasteiger partial charge in [-0.05, 0) is 12.1 Å². The van der Waals surface area contributed by atoms with Crippen molar-refractivity contribution < 1.29 is 19.0 Å². The lowest BCUT2D eigenvalue weighted by molar-refractivity contribution is 0.210. The van der Waals surface area contributed by atoms with Crippen LogP contribution in [0.3, 0.4) is 0 Å². The van der Waals surface area contributed by atoms with Gasteiger partial charge < -0.3 is 10.2 Å². The number of rotatable bonds is 2. The number of halogens is 2. The highest BCUT2D eigenvalue weighted by molar-refractivity contribution is 5.40. The highest BCUT2D eigenvalue weighted by atomic mass is 19.1. The topological polar surface area (TPSA) is 40.5 Å². The van der Waals surface area contributed by atoms with E-state index in [2.05, 4.69) is 0 Å². The second-order valence-corrected chi connectivity index (χ2v) is 3.79. The van der Waals surface area contributed by atoms with Gasteiger partial charge in [-0.1, -0.05) is 13.8 Å². The molecule has 0 saturated heterocycles. The zero-order valence-corrected chi connectivity index (χ0v) is 8.01. The van der Waals surface area contributed by atoms with Crippen molar-refractivity contribution >= 4 is 0 Å². The Hall–Kier alpha value is -1.16. The van der Waals surface area contributed by atoms with Crippen molar-refractivity contribution in [2.75, 3.05) is 6.61 Å². The fourth-order valence-electron chi connectivity index (χ4n) is 1.26. The minimum absolute atomic E-state index is 0.194. The molecule has 0 fully saturated rings. The van der Waals surface area contributed by atoms with Crippen molar-refractivity contribution in [2.45, 2.75) is 19.3 Å². The third-order valence-corrected chi connectivity index (χ3v) is 2.15. The zero-order chi connectivity index (χ0) is 10.9. The Labute approximate surface area is 80.8 Å². The molecule has 0 aliphatic rings. The van der Waals surface area contributed by atoms with E-state index >= 15 is 0 Å². The molecule has 14 heavy (non-hydrogen) atoms. The van der Waals surface area contributed by atoms with Crippen LogP contribution in [0.1, 0.15) is 19.4 Å². The largest absolute Gasteiger partial charge is 0.505 e. The maximum Gasteiger partial charge on any atom is 0.165 e. The van der Waals surface area contributed by atoms with E-state index in [1.54, 1.807) is 0 Å². The first-order chi connectivity index (χ1) is 6.40. The van der Waals surface area contributed by atoms with Crippen LogP contribution in [0.25, 0.3) is 0 Å². The molecule has 1 aromatic rings. The van der Waals surface area contributed by atoms with E-state index in [1.807, 2.05) is 0 Å². The van der Waals surface area contributed by atoms with Crippen molar-refractivity contribution in [2.24, 2.45) is 0 Å². The van der Waals surface area contributed by atoms with Crippen molar-refractivity contribution in [3.05, 3.63) is 29.3 Å². The maximum absolute atomic E-state index is 13.3. The van der Waals surface area contributed by atoms with Gasteiger partial charge in [0.1, 0.15) is 5.82 Å². The van der Waals surface area contributed by atoms with Crippen LogP contribution in [0.15, 0.2) is 12.1 Å². The normalized spacial score (nSPS) is 11.8. The van der Waals surface area contributed by atoms with Crippen LogP contribution in [-0.2, 0) is 5.41 Å². The molecule has 2 N–H and O–H groups in total. The Morgan fingerprint density at radius 2 is 1.71 bits per heavy atom. The average Bonchev–Trinajstić information content (AvgIpc) is 2.12. The molecule has 78 valence electrons. The summed E-state index contributed by atoms with van der Waals surface area (Å²) >= 11 is 0. The van der Waals surface area contributed by atoms with E-state index in [-0.39, 0.29) is 12.2 Å². The second-order valence-electron chi connectivity index (χ2n) is 3.79. The van der Waals surface area contributed by atoms with Gasteiger partial charge in [-0.2, -0.15) is 0 Å². The molecule has 2 nitrogen and oxygen atoms in total. The van der Waals surface area contributed by atoms with Crippen LogP contribution in [0.2, 0.25) is 0 Å². The summed E-state index contributed by atoms with van der Waals surface area (Å²) in [7, 11) is 0. The van der Waals surface area contributed by atoms with E-state index in [0.717, 1.165) is 12.1 Å². The predicted molar refractivity (Wildman–Crippen MR) is 48.1 cm³/mol. The molecule has 0 amide bonds. The van der Waals surface area contributed by atoms with Gasteiger partial charge in [-0.25, -0.2) is 8.78 Å². The Bertz CT molecular complexity index is 348. The van der Waals surface area contributed by atoms with Crippen LogP contribution in [0.4, 0.5) is 8.78 Å². The van der Waals surface area contributed by atoms with Gasteiger partial charge in [0.05, 0.1) is 6.61 Å². The highest BCUT2D eigenvalue weighted by Gasteiger charge is 2.28. The van der Waals surface area contributed by atoms with E-state index in [1.165, 1.54) is 13.8 Å². The number of phenols is 1. The van der Waals surface area contributed by atoms with Crippen molar-refractivity contribution in [1.29, 1.82) is 0 Å². The fourth-order valence-corrected chi connectivity index (χ4v) is 1.26. The molecule has 0 unspecified atom stereocenters. The van der Waals surface area contributed by atoms with E-state index in [9.17, 15) is 13.9 Å². The number of aromatic hydroxyl groups is 1. The summed E-state index contributed by atoms with van der Waals surface area (Å²) in [4.78, 5) is 0. The summed E-state index contributed by atoms with van der Waals surface area (Å²) in [6.07, 6.45) is 0. The van der Waals surface area contributed by atoms with Crippen LogP contribution in [0.5, 0.6) is 5.75 Å². The van der Waals surface area contributed by atoms with Gasteiger partial charge in [-0.3, -0.25) is 0 Å². The Balaban J connectivity index is 3.40. The molecule has 0 aliphatic heterocycles. The maximum atomic E-state index is 13.3. The van der Waals surface area contributed by atoms with E-state index < -0.39 is 22.8 Å². The first-order valence-electron chi connectivity index (χ1n) is 4.18. The smallest absolute Gasteiger partial charge is 0.165 e. The van der Waals surface area contributed by atoms with Crippen LogP contribution < -0.4 is 0 Å². The molecule has 0 bridgehead atoms. The molecule has 1 aromatic carbocycles. The standard InChI is InChI=1S/C10H12F2O2/c1-10(2,5-13)8-6(11)3-4-7(12)9(8)14/h3-4,13-14H,5H2,1-2H3. The average molecular weight is 202 g/mol. The molecule has 0 aromatic heterocycles. The molecule has 4 heteroatoms. The van der Waals surface area contributed by atoms with Gasteiger partial charge >= 0.3 is 0 Å². The Morgan fingerprint density at radius 1 is 1.21 bits per heavy atom. The van der Waals surface area contributed by atoms with E-state index in [4.69, 9.17) is 5.11 Å². The quantitative estimate of drug-likeness (QED) is 0.769. The summed E-state index contributed by atoms with van der Waals surface area (Å²) in [6.45, 7) is 2.66. The number of hydrogen-bond donors (Lipinski definition) is 2. The lowest BCUT2D eigenvalue weighted by atomic mass is 9.84.